The van der Waals surface area contributed by atoms with Crippen molar-refractivity contribution in [2.24, 2.45) is 11.8 Å². The van der Waals surface area contributed by atoms with Crippen LogP contribution >= 0.6 is 23.2 Å². The second-order valence-corrected chi connectivity index (χ2v) is 10.7. The fraction of sp³-hybridized carbons (Fsp3) is 0.333. The number of hydrogen-bond acceptors (Lipinski definition) is 5. The number of ether oxygens (including phenoxy) is 1. The SMILES string of the molecule is O=C(NN1CC2CCCC2C1)Oc1nn(-c2ccc(Cl)cc2Cl)c2c1CNC/C2=C\c1ccc(F)cc1. The van der Waals surface area contributed by atoms with Crippen LogP contribution in [0.3, 0.4) is 0 Å². The fourth-order valence-corrected chi connectivity index (χ4v) is 6.17. The van der Waals surface area contributed by atoms with Gasteiger partial charge in [0.1, 0.15) is 5.82 Å². The number of benzene rings is 2. The van der Waals surface area contributed by atoms with E-state index in [1.165, 1.54) is 31.4 Å². The van der Waals surface area contributed by atoms with Crippen molar-refractivity contribution in [1.82, 2.24) is 25.5 Å². The van der Waals surface area contributed by atoms with E-state index in [1.807, 2.05) is 11.1 Å². The highest BCUT2D eigenvalue weighted by Gasteiger charge is 2.37. The van der Waals surface area contributed by atoms with E-state index in [0.29, 0.717) is 40.7 Å². The first-order chi connectivity index (χ1) is 17.9. The molecule has 2 unspecified atom stereocenters. The van der Waals surface area contributed by atoms with Crippen LogP contribution in [0.5, 0.6) is 5.88 Å². The van der Waals surface area contributed by atoms with E-state index >= 15 is 0 Å². The van der Waals surface area contributed by atoms with Crippen LogP contribution in [-0.4, -0.2) is 40.5 Å². The molecular weight excluding hydrogens is 516 g/mol. The summed E-state index contributed by atoms with van der Waals surface area (Å²) in [6.45, 7) is 2.69. The molecule has 2 aliphatic heterocycles. The largest absolute Gasteiger partial charge is 0.428 e. The Hall–Kier alpha value is -2.91. The highest BCUT2D eigenvalue weighted by Crippen LogP contribution is 2.38. The maximum absolute atomic E-state index is 13.5. The summed E-state index contributed by atoms with van der Waals surface area (Å²) >= 11 is 12.7. The number of carbonyl (C=O) groups is 1. The fourth-order valence-electron chi connectivity index (χ4n) is 5.68. The molecule has 3 heterocycles. The third-order valence-electron chi connectivity index (χ3n) is 7.38. The first-order valence-electron chi connectivity index (χ1n) is 12.4. The normalized spacial score (nSPS) is 22.2. The topological polar surface area (TPSA) is 71.4 Å². The zero-order valence-electron chi connectivity index (χ0n) is 20.0. The Morgan fingerprint density at radius 2 is 1.86 bits per heavy atom. The summed E-state index contributed by atoms with van der Waals surface area (Å²) in [5.74, 6) is 1.19. The first-order valence-corrected chi connectivity index (χ1v) is 13.2. The summed E-state index contributed by atoms with van der Waals surface area (Å²) in [6, 6.07) is 11.4. The van der Waals surface area contributed by atoms with Crippen LogP contribution in [0.2, 0.25) is 10.0 Å². The number of halogens is 3. The van der Waals surface area contributed by atoms with Crippen molar-refractivity contribution in [2.45, 2.75) is 25.8 Å². The van der Waals surface area contributed by atoms with Crippen LogP contribution in [0, 0.1) is 17.7 Å². The van der Waals surface area contributed by atoms with Gasteiger partial charge in [-0.3, -0.25) is 5.43 Å². The zero-order chi connectivity index (χ0) is 25.5. The van der Waals surface area contributed by atoms with E-state index in [-0.39, 0.29) is 11.7 Å². The number of hydrogen-bond donors (Lipinski definition) is 2. The van der Waals surface area contributed by atoms with Gasteiger partial charge >= 0.3 is 6.09 Å². The molecule has 6 rings (SSSR count). The molecule has 0 bridgehead atoms. The number of aromatic nitrogens is 2. The molecule has 3 aliphatic rings. The molecule has 7 nitrogen and oxygen atoms in total. The van der Waals surface area contributed by atoms with Gasteiger partial charge in [-0.25, -0.2) is 18.9 Å². The lowest BCUT2D eigenvalue weighted by atomic mass is 10.0. The molecule has 1 saturated carbocycles. The number of nitrogens with one attached hydrogen (secondary N) is 2. The van der Waals surface area contributed by atoms with Gasteiger partial charge in [0.05, 0.1) is 22.0 Å². The second kappa shape index (κ2) is 10.1. The molecule has 1 amide bonds. The minimum atomic E-state index is -0.565. The molecule has 2 fully saturated rings. The van der Waals surface area contributed by atoms with Gasteiger partial charge < -0.3 is 10.1 Å². The molecule has 10 heteroatoms. The third kappa shape index (κ3) is 4.99. The Balaban J connectivity index is 1.34. The highest BCUT2D eigenvalue weighted by molar-refractivity contribution is 6.35. The van der Waals surface area contributed by atoms with Crippen LogP contribution in [-0.2, 0) is 6.54 Å². The van der Waals surface area contributed by atoms with E-state index in [0.717, 1.165) is 35.5 Å². The summed E-state index contributed by atoms with van der Waals surface area (Å²) in [5, 5.41) is 10.9. The maximum Gasteiger partial charge on any atom is 0.428 e. The second-order valence-electron chi connectivity index (χ2n) is 9.82. The monoisotopic (exact) mass is 541 g/mol. The molecule has 3 aromatic rings. The Morgan fingerprint density at radius 1 is 1.11 bits per heavy atom. The lowest BCUT2D eigenvalue weighted by Gasteiger charge is -2.20. The molecular formula is C27H26Cl2FN5O2. The summed E-state index contributed by atoms with van der Waals surface area (Å²) in [7, 11) is 0. The summed E-state index contributed by atoms with van der Waals surface area (Å²) in [6.07, 6.45) is 5.09. The number of carbonyl (C=O) groups excluding carboxylic acids is 1. The van der Waals surface area contributed by atoms with Gasteiger partial charge in [0.15, 0.2) is 0 Å². The third-order valence-corrected chi connectivity index (χ3v) is 7.92. The van der Waals surface area contributed by atoms with Crippen molar-refractivity contribution in [3.8, 4) is 11.6 Å². The minimum absolute atomic E-state index is 0.204. The Bertz CT molecular complexity index is 1360. The van der Waals surface area contributed by atoms with Crippen molar-refractivity contribution in [1.29, 1.82) is 0 Å². The molecule has 2 atom stereocenters. The first kappa shape index (κ1) is 24.4. The summed E-state index contributed by atoms with van der Waals surface area (Å²) in [4.78, 5) is 12.9. The molecule has 0 spiro atoms. The number of amides is 1. The Labute approximate surface area is 224 Å². The van der Waals surface area contributed by atoms with Crippen molar-refractivity contribution in [2.75, 3.05) is 19.6 Å². The van der Waals surface area contributed by atoms with E-state index in [2.05, 4.69) is 15.8 Å². The number of fused-ring (bicyclic) bond motifs is 2. The number of hydrazine groups is 1. The Morgan fingerprint density at radius 3 is 2.59 bits per heavy atom. The molecule has 37 heavy (non-hydrogen) atoms. The van der Waals surface area contributed by atoms with Crippen LogP contribution in [0.1, 0.15) is 36.1 Å². The predicted molar refractivity (Wildman–Crippen MR) is 141 cm³/mol. The Kier molecular flexibility index (Phi) is 6.67. The van der Waals surface area contributed by atoms with E-state index in [9.17, 15) is 9.18 Å². The average molecular weight is 542 g/mol. The summed E-state index contributed by atoms with van der Waals surface area (Å²) < 4.78 is 20.9. The van der Waals surface area contributed by atoms with Gasteiger partial charge in [-0.05, 0) is 72.2 Å². The smallest absolute Gasteiger partial charge is 0.388 e. The van der Waals surface area contributed by atoms with Gasteiger partial charge in [0.2, 0.25) is 5.88 Å². The predicted octanol–water partition coefficient (Wildman–Crippen LogP) is 5.70. The highest BCUT2D eigenvalue weighted by atomic mass is 35.5. The standard InChI is InChI=1S/C27H26Cl2FN5O2/c28-20-6-9-24(23(29)11-20)35-25-19(10-16-4-7-21(30)8-5-16)12-31-13-22(25)26(32-35)37-27(36)33-34-14-17-2-1-3-18(17)15-34/h4-11,17-18,31H,1-3,12-15H2,(H,33,36)/b19-10+. The van der Waals surface area contributed by atoms with Gasteiger partial charge in [-0.2, -0.15) is 0 Å². The zero-order valence-corrected chi connectivity index (χ0v) is 21.5. The number of rotatable bonds is 4. The van der Waals surface area contributed by atoms with Crippen molar-refractivity contribution in [3.05, 3.63) is 75.1 Å². The number of nitrogens with zero attached hydrogens (tertiary/aromatic N) is 3. The molecule has 2 N–H and O–H groups in total. The molecule has 0 radical (unpaired) electrons. The van der Waals surface area contributed by atoms with Crippen molar-refractivity contribution in [3.63, 3.8) is 0 Å². The molecule has 1 aromatic heterocycles. The van der Waals surface area contributed by atoms with Gasteiger partial charge in [-0.1, -0.05) is 41.8 Å². The lowest BCUT2D eigenvalue weighted by molar-refractivity contribution is 0.152. The average Bonchev–Trinajstić information content (AvgIpc) is 3.55. The molecule has 192 valence electrons. The van der Waals surface area contributed by atoms with Crippen LogP contribution < -0.4 is 15.5 Å². The molecule has 2 aromatic carbocycles. The van der Waals surface area contributed by atoms with Gasteiger partial charge in [0.25, 0.3) is 0 Å². The van der Waals surface area contributed by atoms with E-state index < -0.39 is 6.09 Å². The summed E-state index contributed by atoms with van der Waals surface area (Å²) in [5.41, 5.74) is 6.74. The lowest BCUT2D eigenvalue weighted by Crippen LogP contribution is -2.42. The van der Waals surface area contributed by atoms with E-state index in [4.69, 9.17) is 27.9 Å². The van der Waals surface area contributed by atoms with Crippen LogP contribution in [0.15, 0.2) is 42.5 Å². The van der Waals surface area contributed by atoms with Crippen molar-refractivity contribution < 1.29 is 13.9 Å². The minimum Gasteiger partial charge on any atom is -0.388 e. The maximum atomic E-state index is 13.5. The van der Waals surface area contributed by atoms with E-state index in [1.54, 1.807) is 35.0 Å². The van der Waals surface area contributed by atoms with Gasteiger partial charge in [0, 0.05) is 31.2 Å². The molecule has 1 saturated heterocycles. The molecule has 1 aliphatic carbocycles. The quantitative estimate of drug-likeness (QED) is 0.443. The van der Waals surface area contributed by atoms with Gasteiger partial charge in [-0.15, -0.1) is 5.10 Å². The van der Waals surface area contributed by atoms with Crippen LogP contribution in [0.4, 0.5) is 9.18 Å². The van der Waals surface area contributed by atoms with Crippen molar-refractivity contribution >= 4 is 40.9 Å². The van der Waals surface area contributed by atoms with Crippen LogP contribution in [0.25, 0.3) is 17.3 Å².